The molecule has 1 amide bonds. The molecule has 2 unspecified atom stereocenters. The minimum absolute atomic E-state index is 0.0800. The summed E-state index contributed by atoms with van der Waals surface area (Å²) >= 11 is 1.82. The maximum Gasteiger partial charge on any atom is 0.209 e. The fourth-order valence-corrected chi connectivity index (χ4v) is 7.07. The summed E-state index contributed by atoms with van der Waals surface area (Å²) in [6.07, 6.45) is 13.5. The Morgan fingerprint density at radius 2 is 1.89 bits per heavy atom. The predicted molar refractivity (Wildman–Crippen MR) is 148 cm³/mol. The van der Waals surface area contributed by atoms with Gasteiger partial charge in [-0.25, -0.2) is 9.97 Å². The molecule has 7 rings (SSSR count). The van der Waals surface area contributed by atoms with E-state index in [1.165, 1.54) is 5.56 Å². The lowest BCUT2D eigenvalue weighted by Gasteiger charge is -2.45. The van der Waals surface area contributed by atoms with Crippen LogP contribution in [0.5, 0.6) is 0 Å². The number of rotatable bonds is 5. The van der Waals surface area contributed by atoms with Crippen LogP contribution in [0.1, 0.15) is 35.8 Å². The maximum atomic E-state index is 11.0. The number of hydrogen-bond acceptors (Lipinski definition) is 7. The summed E-state index contributed by atoms with van der Waals surface area (Å²) in [6, 6.07) is 11.0. The molecule has 1 saturated carbocycles. The third-order valence-corrected chi connectivity index (χ3v) is 9.34. The van der Waals surface area contributed by atoms with Crippen molar-refractivity contribution in [3.63, 3.8) is 0 Å². The van der Waals surface area contributed by atoms with Crippen molar-refractivity contribution in [3.8, 4) is 0 Å². The number of allylic oxidation sites excluding steroid dienone is 2. The number of aliphatic imine (C=N–C) groups is 1. The van der Waals surface area contributed by atoms with Gasteiger partial charge in [0.05, 0.1) is 22.0 Å². The number of carbonyl (C=O) groups is 1. The first-order chi connectivity index (χ1) is 18.2. The number of aromatic nitrogens is 3. The van der Waals surface area contributed by atoms with Crippen LogP contribution in [0.3, 0.4) is 0 Å². The largest absolute Gasteiger partial charge is 0.382 e. The van der Waals surface area contributed by atoms with Crippen LogP contribution in [0.15, 0.2) is 65.9 Å². The molecule has 2 aliphatic carbocycles. The lowest BCUT2D eigenvalue weighted by Crippen LogP contribution is -2.53. The van der Waals surface area contributed by atoms with E-state index < -0.39 is 0 Å². The van der Waals surface area contributed by atoms with Crippen molar-refractivity contribution in [2.75, 3.05) is 31.9 Å². The third kappa shape index (κ3) is 3.97. The molecule has 9 heteroatoms. The molecule has 188 valence electrons. The second kappa shape index (κ2) is 9.15. The molecule has 37 heavy (non-hydrogen) atoms. The summed E-state index contributed by atoms with van der Waals surface area (Å²) in [5.74, 6) is 1.94. The lowest BCUT2D eigenvalue weighted by atomic mass is 9.78. The number of anilines is 1. The van der Waals surface area contributed by atoms with Gasteiger partial charge in [-0.1, -0.05) is 54.2 Å². The number of nitrogens with two attached hydrogens (primary N) is 1. The van der Waals surface area contributed by atoms with E-state index >= 15 is 0 Å². The fourth-order valence-electron chi connectivity index (χ4n) is 5.92. The summed E-state index contributed by atoms with van der Waals surface area (Å²) in [5.41, 5.74) is 10.4. The average molecular weight is 512 g/mol. The highest BCUT2D eigenvalue weighted by atomic mass is 32.2. The summed E-state index contributed by atoms with van der Waals surface area (Å²) in [7, 11) is 0. The van der Waals surface area contributed by atoms with Crippen molar-refractivity contribution in [1.29, 1.82) is 0 Å². The Labute approximate surface area is 220 Å². The quantitative estimate of drug-likeness (QED) is 0.529. The molecular formula is C28H29N7OS. The molecule has 2 atom stereocenters. The van der Waals surface area contributed by atoms with E-state index in [9.17, 15) is 4.79 Å². The molecule has 0 spiro atoms. The van der Waals surface area contributed by atoms with Crippen molar-refractivity contribution in [2.45, 2.75) is 36.1 Å². The topological polar surface area (TPSA) is 92.1 Å². The molecular weight excluding hydrogens is 482 g/mol. The molecule has 4 aliphatic rings. The van der Waals surface area contributed by atoms with Gasteiger partial charge in [0.2, 0.25) is 6.41 Å². The summed E-state index contributed by atoms with van der Waals surface area (Å²) in [4.78, 5) is 30.1. The summed E-state index contributed by atoms with van der Waals surface area (Å²) < 4.78 is 2.14. The van der Waals surface area contributed by atoms with E-state index in [1.807, 2.05) is 28.9 Å². The molecule has 2 N–H and O–H groups in total. The van der Waals surface area contributed by atoms with Crippen LogP contribution in [0, 0.1) is 0 Å². The summed E-state index contributed by atoms with van der Waals surface area (Å²) in [6.45, 7) is 3.53. The van der Waals surface area contributed by atoms with Crippen LogP contribution in [0.2, 0.25) is 0 Å². The standard InChI is InChI=1S/C28H29N7OS/c29-26-25-24(19-6-7-23-22(16-19)31-28(37-23)18-4-2-1-3-5-18)32-27(35(25)9-8-30-26)20-14-21(15-20)34-12-10-33(17-36)11-13-34/h1-9,16-17,20-23H,10-15H2,(H2,29,30). The van der Waals surface area contributed by atoms with Gasteiger partial charge in [0.25, 0.3) is 0 Å². The van der Waals surface area contributed by atoms with Crippen LogP contribution in [0.4, 0.5) is 5.82 Å². The average Bonchev–Trinajstić information content (AvgIpc) is 3.51. The monoisotopic (exact) mass is 511 g/mol. The highest BCUT2D eigenvalue weighted by molar-refractivity contribution is 8.15. The van der Waals surface area contributed by atoms with Crippen LogP contribution in [-0.4, -0.2) is 79.1 Å². The van der Waals surface area contributed by atoms with Gasteiger partial charge >= 0.3 is 0 Å². The Morgan fingerprint density at radius 3 is 2.68 bits per heavy atom. The number of piperazine rings is 1. The highest BCUT2D eigenvalue weighted by Gasteiger charge is 2.39. The minimum Gasteiger partial charge on any atom is -0.382 e. The Morgan fingerprint density at radius 1 is 1.08 bits per heavy atom. The predicted octanol–water partition coefficient (Wildman–Crippen LogP) is 3.22. The zero-order valence-corrected chi connectivity index (χ0v) is 21.3. The lowest BCUT2D eigenvalue weighted by molar-refractivity contribution is -0.120. The van der Waals surface area contributed by atoms with Crippen molar-refractivity contribution < 1.29 is 4.79 Å². The fraction of sp³-hybridized carbons (Fsp3) is 0.357. The molecule has 0 bridgehead atoms. The Kier molecular flexibility index (Phi) is 5.62. The molecule has 8 nitrogen and oxygen atoms in total. The number of fused-ring (bicyclic) bond motifs is 2. The number of benzene rings is 1. The van der Waals surface area contributed by atoms with Gasteiger partial charge in [-0.15, -0.1) is 0 Å². The number of thioether (sulfide) groups is 1. The molecule has 2 fully saturated rings. The van der Waals surface area contributed by atoms with Gasteiger partial charge in [-0.3, -0.25) is 19.1 Å². The zero-order valence-electron chi connectivity index (χ0n) is 20.5. The van der Waals surface area contributed by atoms with E-state index in [-0.39, 0.29) is 6.04 Å². The molecule has 2 aliphatic heterocycles. The third-order valence-electron chi connectivity index (χ3n) is 8.06. The van der Waals surface area contributed by atoms with Gasteiger partial charge in [0, 0.05) is 61.7 Å². The smallest absolute Gasteiger partial charge is 0.209 e. The van der Waals surface area contributed by atoms with Gasteiger partial charge in [-0.2, -0.15) is 0 Å². The molecule has 1 saturated heterocycles. The van der Waals surface area contributed by atoms with Gasteiger partial charge < -0.3 is 10.6 Å². The summed E-state index contributed by atoms with van der Waals surface area (Å²) in [5, 5.41) is 1.39. The number of hydrogen-bond donors (Lipinski definition) is 1. The van der Waals surface area contributed by atoms with Crippen molar-refractivity contribution in [2.24, 2.45) is 4.99 Å². The first-order valence-electron chi connectivity index (χ1n) is 12.9. The Hall–Kier alpha value is -3.43. The maximum absolute atomic E-state index is 11.0. The van der Waals surface area contributed by atoms with E-state index in [0.29, 0.717) is 23.0 Å². The second-order valence-corrected chi connectivity index (χ2v) is 11.4. The van der Waals surface area contributed by atoms with Gasteiger partial charge in [0.1, 0.15) is 17.2 Å². The highest BCUT2D eigenvalue weighted by Crippen LogP contribution is 2.43. The minimum atomic E-state index is 0.0800. The Bertz CT molecular complexity index is 1430. The van der Waals surface area contributed by atoms with Crippen LogP contribution in [-0.2, 0) is 4.79 Å². The SMILES string of the molecule is Nc1nccn2c(C3CC(N4CCN(C=O)CC4)C3)nc(C3=CC4N=C(c5ccccc5)SC4C=C3)c12. The van der Waals surface area contributed by atoms with Gasteiger partial charge in [-0.05, 0) is 18.9 Å². The molecule has 3 aromatic rings. The van der Waals surface area contributed by atoms with Crippen molar-refractivity contribution in [3.05, 3.63) is 78.0 Å². The van der Waals surface area contributed by atoms with Crippen LogP contribution >= 0.6 is 11.8 Å². The van der Waals surface area contributed by atoms with E-state index in [1.54, 1.807) is 6.20 Å². The number of carbonyl (C=O) groups excluding carboxylic acids is 1. The normalized spacial score (nSPS) is 27.5. The first-order valence-corrected chi connectivity index (χ1v) is 13.8. The Balaban J connectivity index is 1.16. The number of imidazole rings is 1. The van der Waals surface area contributed by atoms with Gasteiger partial charge in [0.15, 0.2) is 0 Å². The molecule has 1 aromatic carbocycles. The van der Waals surface area contributed by atoms with Crippen molar-refractivity contribution >= 4 is 40.1 Å². The number of amides is 1. The first kappa shape index (κ1) is 22.7. The van der Waals surface area contributed by atoms with Crippen molar-refractivity contribution in [1.82, 2.24) is 24.2 Å². The van der Waals surface area contributed by atoms with E-state index in [4.69, 9.17) is 15.7 Å². The zero-order chi connectivity index (χ0) is 24.9. The van der Waals surface area contributed by atoms with E-state index in [0.717, 1.165) is 73.1 Å². The molecule has 4 heterocycles. The molecule has 2 aromatic heterocycles. The van der Waals surface area contributed by atoms with E-state index in [2.05, 4.69) is 56.8 Å². The molecule has 0 radical (unpaired) electrons. The second-order valence-electron chi connectivity index (χ2n) is 10.2. The van der Waals surface area contributed by atoms with Crippen LogP contribution in [0.25, 0.3) is 11.1 Å². The van der Waals surface area contributed by atoms with Crippen LogP contribution < -0.4 is 5.73 Å². The number of nitrogens with zero attached hydrogens (tertiary/aromatic N) is 6. The number of nitrogen functional groups attached to an aromatic ring is 1.